The molecule has 2 atom stereocenters. The van der Waals surface area contributed by atoms with Crippen LogP contribution in [0, 0.1) is 11.3 Å². The average Bonchev–Trinajstić information content (AvgIpc) is 2.08. The van der Waals surface area contributed by atoms with Crippen LogP contribution in [0.15, 0.2) is 16.4 Å². The minimum Gasteiger partial charge on any atom is -0.308 e. The van der Waals surface area contributed by atoms with Gasteiger partial charge in [0.15, 0.2) is 0 Å². The first-order valence-electron chi connectivity index (χ1n) is 4.14. The number of hydrogen-bond donors (Lipinski definition) is 1. The van der Waals surface area contributed by atoms with Crippen molar-refractivity contribution in [1.29, 1.82) is 5.41 Å². The van der Waals surface area contributed by atoms with Gasteiger partial charge < -0.3 is 5.41 Å². The fourth-order valence-corrected chi connectivity index (χ4v) is 1.54. The molecule has 0 saturated heterocycles. The molecule has 0 amide bonds. The molecule has 0 aliphatic carbocycles. The molecule has 0 bridgehead atoms. The maximum atomic E-state index is 13.0. The molecule has 1 heterocycles. The lowest BCUT2D eigenvalue weighted by molar-refractivity contribution is 0.485. The standard InChI is InChI=1S/C9H13FN2/c1-3-7-6(2)12-5-9(10)8(7)4-11/h4-7,11H,3H2,1-2H3. The van der Waals surface area contributed by atoms with E-state index >= 15 is 0 Å². The van der Waals surface area contributed by atoms with Gasteiger partial charge in [-0.2, -0.15) is 0 Å². The number of allylic oxidation sites excluding steroid dienone is 1. The molecular formula is C9H13FN2. The third-order valence-corrected chi connectivity index (χ3v) is 2.28. The van der Waals surface area contributed by atoms with Gasteiger partial charge in [0.2, 0.25) is 0 Å². The molecule has 0 fully saturated rings. The summed E-state index contributed by atoms with van der Waals surface area (Å²) in [4.78, 5) is 4.00. The number of rotatable bonds is 2. The van der Waals surface area contributed by atoms with Crippen LogP contribution in [-0.4, -0.2) is 18.5 Å². The maximum Gasteiger partial charge on any atom is 0.146 e. The lowest BCUT2D eigenvalue weighted by atomic mass is 9.88. The second-order valence-electron chi connectivity index (χ2n) is 2.98. The molecule has 1 rings (SSSR count). The van der Waals surface area contributed by atoms with Crippen molar-refractivity contribution in [2.24, 2.45) is 10.9 Å². The Morgan fingerprint density at radius 3 is 2.83 bits per heavy atom. The predicted molar refractivity (Wildman–Crippen MR) is 48.7 cm³/mol. The predicted octanol–water partition coefficient (Wildman–Crippen LogP) is 2.36. The highest BCUT2D eigenvalue weighted by atomic mass is 19.1. The number of hydrogen-bond acceptors (Lipinski definition) is 2. The summed E-state index contributed by atoms with van der Waals surface area (Å²) < 4.78 is 13.0. The van der Waals surface area contributed by atoms with E-state index in [1.54, 1.807) is 0 Å². The summed E-state index contributed by atoms with van der Waals surface area (Å²) in [5.74, 6) is -0.276. The van der Waals surface area contributed by atoms with E-state index in [0.717, 1.165) is 12.6 Å². The summed E-state index contributed by atoms with van der Waals surface area (Å²) in [6.45, 7) is 3.93. The van der Waals surface area contributed by atoms with Crippen LogP contribution >= 0.6 is 0 Å². The largest absolute Gasteiger partial charge is 0.308 e. The molecule has 2 nitrogen and oxygen atoms in total. The number of nitrogens with one attached hydrogen (secondary N) is 1. The molecule has 1 aliphatic rings. The topological polar surface area (TPSA) is 36.2 Å². The van der Waals surface area contributed by atoms with Gasteiger partial charge in [0.1, 0.15) is 5.83 Å². The van der Waals surface area contributed by atoms with Crippen molar-refractivity contribution in [3.8, 4) is 0 Å². The van der Waals surface area contributed by atoms with Crippen LogP contribution < -0.4 is 0 Å². The summed E-state index contributed by atoms with van der Waals surface area (Å²) in [7, 11) is 0. The molecule has 2 unspecified atom stereocenters. The van der Waals surface area contributed by atoms with Crippen molar-refractivity contribution >= 4 is 12.4 Å². The highest BCUT2D eigenvalue weighted by molar-refractivity contribution is 5.90. The van der Waals surface area contributed by atoms with Crippen molar-refractivity contribution in [2.45, 2.75) is 26.3 Å². The average molecular weight is 168 g/mol. The molecule has 0 aromatic heterocycles. The van der Waals surface area contributed by atoms with E-state index in [-0.39, 0.29) is 17.8 Å². The van der Waals surface area contributed by atoms with Crippen LogP contribution in [0.4, 0.5) is 4.39 Å². The van der Waals surface area contributed by atoms with Crippen molar-refractivity contribution in [2.75, 3.05) is 0 Å². The van der Waals surface area contributed by atoms with Crippen molar-refractivity contribution in [1.82, 2.24) is 0 Å². The SMILES string of the molecule is CCC1C(C=N)=C(F)C=NC1C. The Morgan fingerprint density at radius 2 is 2.42 bits per heavy atom. The van der Waals surface area contributed by atoms with E-state index in [1.165, 1.54) is 6.21 Å². The van der Waals surface area contributed by atoms with Crippen LogP contribution in [-0.2, 0) is 0 Å². The maximum absolute atomic E-state index is 13.0. The number of halogens is 1. The Hall–Kier alpha value is -0.990. The second kappa shape index (κ2) is 3.61. The summed E-state index contributed by atoms with van der Waals surface area (Å²) in [6.07, 6.45) is 3.15. The molecule has 12 heavy (non-hydrogen) atoms. The fourth-order valence-electron chi connectivity index (χ4n) is 1.54. The molecule has 66 valence electrons. The first kappa shape index (κ1) is 9.10. The van der Waals surface area contributed by atoms with E-state index in [4.69, 9.17) is 5.41 Å². The van der Waals surface area contributed by atoms with Gasteiger partial charge in [-0.1, -0.05) is 6.92 Å². The fraction of sp³-hybridized carbons (Fsp3) is 0.556. The molecule has 0 aromatic carbocycles. The molecule has 0 saturated carbocycles. The van der Waals surface area contributed by atoms with E-state index in [9.17, 15) is 4.39 Å². The zero-order chi connectivity index (χ0) is 9.14. The third-order valence-electron chi connectivity index (χ3n) is 2.28. The van der Waals surface area contributed by atoms with Gasteiger partial charge in [-0.05, 0) is 13.3 Å². The summed E-state index contributed by atoms with van der Waals surface area (Å²) in [5, 5.41) is 7.07. The molecule has 1 aliphatic heterocycles. The monoisotopic (exact) mass is 168 g/mol. The van der Waals surface area contributed by atoms with E-state index < -0.39 is 0 Å². The molecule has 1 N–H and O–H groups in total. The van der Waals surface area contributed by atoms with Crippen LogP contribution in [0.1, 0.15) is 20.3 Å². The number of aliphatic imine (C=N–C) groups is 1. The molecule has 0 radical (unpaired) electrons. The van der Waals surface area contributed by atoms with Gasteiger partial charge >= 0.3 is 0 Å². The minimum absolute atomic E-state index is 0.0764. The first-order chi connectivity index (χ1) is 5.70. The summed E-state index contributed by atoms with van der Waals surface area (Å²) >= 11 is 0. The van der Waals surface area contributed by atoms with Gasteiger partial charge in [0.05, 0.1) is 12.3 Å². The van der Waals surface area contributed by atoms with Crippen LogP contribution in [0.2, 0.25) is 0 Å². The normalized spacial score (nSPS) is 29.2. The minimum atomic E-state index is -0.352. The van der Waals surface area contributed by atoms with E-state index in [1.807, 2.05) is 13.8 Å². The van der Waals surface area contributed by atoms with Crippen LogP contribution in [0.5, 0.6) is 0 Å². The lowest BCUT2D eigenvalue weighted by Crippen LogP contribution is -2.22. The molecule has 0 aromatic rings. The van der Waals surface area contributed by atoms with Gasteiger partial charge in [0, 0.05) is 17.7 Å². The zero-order valence-electron chi connectivity index (χ0n) is 7.34. The van der Waals surface area contributed by atoms with Crippen molar-refractivity contribution < 1.29 is 4.39 Å². The second-order valence-corrected chi connectivity index (χ2v) is 2.98. The number of nitrogens with zero attached hydrogens (tertiary/aromatic N) is 1. The molecular weight excluding hydrogens is 155 g/mol. The van der Waals surface area contributed by atoms with Gasteiger partial charge in [-0.15, -0.1) is 0 Å². The quantitative estimate of drug-likeness (QED) is 0.614. The first-order valence-corrected chi connectivity index (χ1v) is 4.14. The number of dihydropyridines is 1. The Kier molecular flexibility index (Phi) is 2.74. The Bertz CT molecular complexity index is 243. The summed E-state index contributed by atoms with van der Waals surface area (Å²) in [6, 6.07) is 0.103. The third kappa shape index (κ3) is 1.44. The van der Waals surface area contributed by atoms with Gasteiger partial charge in [-0.3, -0.25) is 4.99 Å². The summed E-state index contributed by atoms with van der Waals surface area (Å²) in [5.41, 5.74) is 0.486. The molecule has 3 heteroatoms. The highest BCUT2D eigenvalue weighted by Gasteiger charge is 2.23. The Morgan fingerprint density at radius 1 is 1.75 bits per heavy atom. The molecule has 0 spiro atoms. The Labute approximate surface area is 71.7 Å². The van der Waals surface area contributed by atoms with E-state index in [0.29, 0.717) is 5.57 Å². The zero-order valence-corrected chi connectivity index (χ0v) is 7.34. The van der Waals surface area contributed by atoms with Crippen LogP contribution in [0.25, 0.3) is 0 Å². The lowest BCUT2D eigenvalue weighted by Gasteiger charge is -2.23. The highest BCUT2D eigenvalue weighted by Crippen LogP contribution is 2.26. The van der Waals surface area contributed by atoms with Crippen LogP contribution in [0.3, 0.4) is 0 Å². The smallest absolute Gasteiger partial charge is 0.146 e. The van der Waals surface area contributed by atoms with Gasteiger partial charge in [-0.25, -0.2) is 4.39 Å². The van der Waals surface area contributed by atoms with E-state index in [2.05, 4.69) is 4.99 Å². The van der Waals surface area contributed by atoms with Crippen molar-refractivity contribution in [3.05, 3.63) is 11.4 Å². The van der Waals surface area contributed by atoms with Crippen molar-refractivity contribution in [3.63, 3.8) is 0 Å². The Balaban J connectivity index is 2.98. The van der Waals surface area contributed by atoms with Gasteiger partial charge in [0.25, 0.3) is 0 Å².